The summed E-state index contributed by atoms with van der Waals surface area (Å²) in [4.78, 5) is 2.60. The van der Waals surface area contributed by atoms with Crippen molar-refractivity contribution in [3.05, 3.63) is 22.6 Å². The third kappa shape index (κ3) is 5.05. The van der Waals surface area contributed by atoms with E-state index in [1.807, 2.05) is 19.1 Å². The monoisotopic (exact) mass is 111 g/mol. The van der Waals surface area contributed by atoms with E-state index in [0.29, 0.717) is 6.54 Å². The molecule has 0 saturated heterocycles. The van der Waals surface area contributed by atoms with Gasteiger partial charge in [-0.3, -0.25) is 0 Å². The van der Waals surface area contributed by atoms with Crippen LogP contribution in [0.3, 0.4) is 0 Å². The van der Waals surface area contributed by atoms with E-state index in [2.05, 4.69) is 10.0 Å². The fraction of sp³-hybridized carbons (Fsp3) is 0.600. The largest absolute Gasteiger partial charge is 0.0937 e. The van der Waals surface area contributed by atoms with Crippen LogP contribution in [0.2, 0.25) is 0 Å². The highest BCUT2D eigenvalue weighted by atomic mass is 15.1. The van der Waals surface area contributed by atoms with Crippen LogP contribution in [0.15, 0.2) is 17.3 Å². The van der Waals surface area contributed by atoms with Crippen molar-refractivity contribution in [2.75, 3.05) is 6.54 Å². The summed E-state index contributed by atoms with van der Waals surface area (Å²) in [5.74, 6) is 0. The molecule has 0 fully saturated rings. The van der Waals surface area contributed by atoms with Gasteiger partial charge in [0, 0.05) is 11.5 Å². The van der Waals surface area contributed by atoms with E-state index in [0.717, 1.165) is 6.42 Å². The predicted octanol–water partition coefficient (Wildman–Crippen LogP) is 2.26. The van der Waals surface area contributed by atoms with Gasteiger partial charge in [0.2, 0.25) is 0 Å². The van der Waals surface area contributed by atoms with Gasteiger partial charge >= 0.3 is 0 Å². The smallest absolute Gasteiger partial charge is 0.0292 e. The van der Waals surface area contributed by atoms with E-state index in [1.54, 1.807) is 0 Å². The molecule has 44 valence electrons. The van der Waals surface area contributed by atoms with E-state index >= 15 is 0 Å². The Morgan fingerprint density at radius 1 is 1.75 bits per heavy atom. The van der Waals surface area contributed by atoms with Gasteiger partial charge < -0.3 is 0 Å². The Morgan fingerprint density at radius 3 is 3.00 bits per heavy atom. The molecule has 0 N–H and O–H groups in total. The van der Waals surface area contributed by atoms with Gasteiger partial charge in [-0.2, -0.15) is 0 Å². The highest BCUT2D eigenvalue weighted by Gasteiger charge is 1.71. The summed E-state index contributed by atoms with van der Waals surface area (Å²) in [6.45, 7) is 2.51. The Labute approximate surface area is 48.6 Å². The average molecular weight is 111 g/mol. The zero-order valence-electron chi connectivity index (χ0n) is 4.91. The van der Waals surface area contributed by atoms with Crippen molar-refractivity contribution < 1.29 is 0 Å². The van der Waals surface area contributed by atoms with E-state index in [1.165, 1.54) is 0 Å². The Balaban J connectivity index is 3.05. The number of azide groups is 1. The maximum atomic E-state index is 7.80. The van der Waals surface area contributed by atoms with Crippen LogP contribution >= 0.6 is 0 Å². The Hall–Kier alpha value is -0.950. The zero-order chi connectivity index (χ0) is 6.24. The second-order valence-electron chi connectivity index (χ2n) is 1.31. The lowest BCUT2D eigenvalue weighted by molar-refractivity contribution is 0.990. The van der Waals surface area contributed by atoms with E-state index in [9.17, 15) is 0 Å². The summed E-state index contributed by atoms with van der Waals surface area (Å²) in [6, 6.07) is 0. The van der Waals surface area contributed by atoms with E-state index in [-0.39, 0.29) is 0 Å². The third-order valence-corrected chi connectivity index (χ3v) is 0.695. The first-order chi connectivity index (χ1) is 3.91. The molecule has 0 rings (SSSR count). The summed E-state index contributed by atoms with van der Waals surface area (Å²) < 4.78 is 0. The first-order valence-electron chi connectivity index (χ1n) is 2.54. The van der Waals surface area contributed by atoms with Crippen LogP contribution in [0.1, 0.15) is 13.3 Å². The number of rotatable bonds is 3. The standard InChI is InChI=1S/C5H9N3/c1-2-3-4-5-7-8-6/h2-3H,4-5H2,1H3. The minimum atomic E-state index is 0.570. The predicted molar refractivity (Wildman–Crippen MR) is 33.4 cm³/mol. The molecule has 0 spiro atoms. The Morgan fingerprint density at radius 2 is 2.50 bits per heavy atom. The van der Waals surface area contributed by atoms with Gasteiger partial charge in [-0.25, -0.2) is 0 Å². The van der Waals surface area contributed by atoms with Crippen molar-refractivity contribution >= 4 is 0 Å². The van der Waals surface area contributed by atoms with Gasteiger partial charge in [0.1, 0.15) is 0 Å². The normalized spacial score (nSPS) is 9.12. The summed E-state index contributed by atoms with van der Waals surface area (Å²) in [5, 5.41) is 3.34. The van der Waals surface area contributed by atoms with Crippen LogP contribution in [-0.2, 0) is 0 Å². The molecule has 0 aliphatic rings. The molecule has 0 saturated carbocycles. The number of nitrogens with zero attached hydrogens (tertiary/aromatic N) is 3. The molecule has 3 nitrogen and oxygen atoms in total. The molecule has 0 bridgehead atoms. The van der Waals surface area contributed by atoms with Gasteiger partial charge in [-0.1, -0.05) is 17.3 Å². The summed E-state index contributed by atoms with van der Waals surface area (Å²) in [6.07, 6.45) is 4.75. The topological polar surface area (TPSA) is 48.8 Å². The first kappa shape index (κ1) is 7.05. The Bertz CT molecular complexity index is 111. The van der Waals surface area contributed by atoms with Gasteiger partial charge in [0.15, 0.2) is 0 Å². The zero-order valence-corrected chi connectivity index (χ0v) is 4.91. The maximum Gasteiger partial charge on any atom is 0.0292 e. The molecule has 0 heterocycles. The molecule has 0 aliphatic carbocycles. The van der Waals surface area contributed by atoms with Crippen LogP contribution in [0, 0.1) is 0 Å². The minimum absolute atomic E-state index is 0.570. The SMILES string of the molecule is CC=CCCN=[N+]=[N-]. The van der Waals surface area contributed by atoms with Crippen molar-refractivity contribution in [2.24, 2.45) is 5.11 Å². The number of allylic oxidation sites excluding steroid dienone is 1. The van der Waals surface area contributed by atoms with Crippen molar-refractivity contribution in [1.29, 1.82) is 0 Å². The lowest BCUT2D eigenvalue weighted by Crippen LogP contribution is -1.69. The van der Waals surface area contributed by atoms with Gasteiger partial charge in [-0.05, 0) is 18.9 Å². The fourth-order valence-electron chi connectivity index (χ4n) is 0.344. The molecular formula is C5H9N3. The van der Waals surface area contributed by atoms with Crippen LogP contribution in [0.25, 0.3) is 10.4 Å². The lowest BCUT2D eigenvalue weighted by atomic mass is 10.4. The summed E-state index contributed by atoms with van der Waals surface area (Å²) >= 11 is 0. The second-order valence-corrected chi connectivity index (χ2v) is 1.31. The molecule has 8 heavy (non-hydrogen) atoms. The highest BCUT2D eigenvalue weighted by molar-refractivity contribution is 4.77. The Kier molecular flexibility index (Phi) is 5.33. The van der Waals surface area contributed by atoms with Crippen molar-refractivity contribution in [3.8, 4) is 0 Å². The summed E-state index contributed by atoms with van der Waals surface area (Å²) in [7, 11) is 0. The molecule has 0 atom stereocenters. The van der Waals surface area contributed by atoms with Crippen LogP contribution in [0.5, 0.6) is 0 Å². The molecule has 0 amide bonds. The number of hydrogen-bond acceptors (Lipinski definition) is 1. The van der Waals surface area contributed by atoms with Crippen LogP contribution < -0.4 is 0 Å². The van der Waals surface area contributed by atoms with Gasteiger partial charge in [0.05, 0.1) is 0 Å². The molecule has 0 aromatic heterocycles. The second kappa shape index (κ2) is 6.05. The minimum Gasteiger partial charge on any atom is -0.0937 e. The molecule has 0 aromatic rings. The maximum absolute atomic E-state index is 7.80. The molecule has 0 aromatic carbocycles. The van der Waals surface area contributed by atoms with Crippen molar-refractivity contribution in [1.82, 2.24) is 0 Å². The van der Waals surface area contributed by atoms with Gasteiger partial charge in [-0.15, -0.1) is 0 Å². The number of hydrogen-bond donors (Lipinski definition) is 0. The molecule has 0 unspecified atom stereocenters. The average Bonchev–Trinajstić information content (AvgIpc) is 1.81. The lowest BCUT2D eigenvalue weighted by Gasteiger charge is -1.78. The first-order valence-corrected chi connectivity index (χ1v) is 2.54. The van der Waals surface area contributed by atoms with E-state index in [4.69, 9.17) is 5.53 Å². The van der Waals surface area contributed by atoms with Gasteiger partial charge in [0.25, 0.3) is 0 Å². The van der Waals surface area contributed by atoms with Crippen LogP contribution in [0.4, 0.5) is 0 Å². The summed E-state index contributed by atoms with van der Waals surface area (Å²) in [5.41, 5.74) is 7.80. The fourth-order valence-corrected chi connectivity index (χ4v) is 0.344. The third-order valence-electron chi connectivity index (χ3n) is 0.695. The van der Waals surface area contributed by atoms with E-state index < -0.39 is 0 Å². The van der Waals surface area contributed by atoms with Crippen molar-refractivity contribution in [3.63, 3.8) is 0 Å². The molecular weight excluding hydrogens is 102 g/mol. The molecule has 3 heteroatoms. The molecule has 0 aliphatic heterocycles. The van der Waals surface area contributed by atoms with Crippen LogP contribution in [-0.4, -0.2) is 6.54 Å². The quantitative estimate of drug-likeness (QED) is 0.176. The molecule has 0 radical (unpaired) electrons. The van der Waals surface area contributed by atoms with Crippen molar-refractivity contribution in [2.45, 2.75) is 13.3 Å². The highest BCUT2D eigenvalue weighted by Crippen LogP contribution is 1.82.